The largest absolute Gasteiger partial charge is 0.496 e. The summed E-state index contributed by atoms with van der Waals surface area (Å²) in [7, 11) is 1.66. The molecule has 3 aromatic rings. The Hall–Kier alpha value is -3.42. The standard InChI is InChI=1S/C23H27N5O3/c1-3-31-22(29)16-9-12-28(13-10-16)21-18-15-26-23(27-19(18)8-11-24-21)25-14-17-6-4-5-7-20(17)30-2/h4-8,11,15-16H,3,9-10,12-14H2,1-2H3,(H,25,26,27). The summed E-state index contributed by atoms with van der Waals surface area (Å²) in [5.74, 6) is 2.11. The van der Waals surface area contributed by atoms with Crippen molar-refractivity contribution in [3.63, 3.8) is 0 Å². The number of fused-ring (bicyclic) bond motifs is 1. The van der Waals surface area contributed by atoms with Gasteiger partial charge in [-0.1, -0.05) is 18.2 Å². The van der Waals surface area contributed by atoms with Gasteiger partial charge in [-0.15, -0.1) is 0 Å². The molecule has 0 bridgehead atoms. The normalized spacial score (nSPS) is 14.5. The van der Waals surface area contributed by atoms with Crippen LogP contribution in [-0.4, -0.2) is 47.7 Å². The fraction of sp³-hybridized carbons (Fsp3) is 0.391. The maximum atomic E-state index is 12.0. The van der Waals surface area contributed by atoms with Gasteiger partial charge in [-0.3, -0.25) is 4.79 Å². The molecule has 2 aromatic heterocycles. The van der Waals surface area contributed by atoms with Crippen LogP contribution < -0.4 is 15.0 Å². The average Bonchev–Trinajstić information content (AvgIpc) is 2.82. The number of carbonyl (C=O) groups excluding carboxylic acids is 1. The number of esters is 1. The molecule has 0 spiro atoms. The highest BCUT2D eigenvalue weighted by Gasteiger charge is 2.27. The average molecular weight is 422 g/mol. The van der Waals surface area contributed by atoms with Crippen LogP contribution in [0.3, 0.4) is 0 Å². The van der Waals surface area contributed by atoms with Crippen LogP contribution in [0.15, 0.2) is 42.7 Å². The summed E-state index contributed by atoms with van der Waals surface area (Å²) >= 11 is 0. The van der Waals surface area contributed by atoms with Gasteiger partial charge in [0.2, 0.25) is 5.95 Å². The maximum absolute atomic E-state index is 12.0. The van der Waals surface area contributed by atoms with E-state index in [1.54, 1.807) is 13.3 Å². The zero-order valence-corrected chi connectivity index (χ0v) is 17.9. The molecule has 31 heavy (non-hydrogen) atoms. The maximum Gasteiger partial charge on any atom is 0.309 e. The SMILES string of the molecule is CCOC(=O)C1CCN(c2nccc3nc(NCc4ccccc4OC)ncc23)CC1. The number of ether oxygens (including phenoxy) is 2. The molecule has 1 N–H and O–H groups in total. The minimum Gasteiger partial charge on any atom is -0.496 e. The molecule has 162 valence electrons. The van der Waals surface area contributed by atoms with Gasteiger partial charge in [0.25, 0.3) is 0 Å². The fourth-order valence-corrected chi connectivity index (χ4v) is 3.89. The lowest BCUT2D eigenvalue weighted by Crippen LogP contribution is -2.37. The van der Waals surface area contributed by atoms with Gasteiger partial charge in [-0.25, -0.2) is 15.0 Å². The molecule has 0 aliphatic carbocycles. The van der Waals surface area contributed by atoms with Crippen LogP contribution in [0.1, 0.15) is 25.3 Å². The number of anilines is 2. The van der Waals surface area contributed by atoms with Crippen molar-refractivity contribution in [2.24, 2.45) is 5.92 Å². The first kappa shape index (κ1) is 20.8. The molecule has 1 aromatic carbocycles. The second-order valence-corrected chi connectivity index (χ2v) is 7.44. The van der Waals surface area contributed by atoms with E-state index in [1.165, 1.54) is 0 Å². The summed E-state index contributed by atoms with van der Waals surface area (Å²) in [5, 5.41) is 4.17. The van der Waals surface area contributed by atoms with Crippen molar-refractivity contribution >= 4 is 28.6 Å². The summed E-state index contributed by atoms with van der Waals surface area (Å²) in [6.07, 6.45) is 5.10. The van der Waals surface area contributed by atoms with E-state index < -0.39 is 0 Å². The molecule has 1 aliphatic rings. The molecule has 1 aliphatic heterocycles. The Kier molecular flexibility index (Phi) is 6.45. The number of nitrogens with one attached hydrogen (secondary N) is 1. The van der Waals surface area contributed by atoms with Crippen molar-refractivity contribution in [2.75, 3.05) is 37.0 Å². The number of nitrogens with zero attached hydrogens (tertiary/aromatic N) is 4. The van der Waals surface area contributed by atoms with Crippen LogP contribution in [0.4, 0.5) is 11.8 Å². The summed E-state index contributed by atoms with van der Waals surface area (Å²) in [4.78, 5) is 27.9. The molecular formula is C23H27N5O3. The molecule has 0 unspecified atom stereocenters. The van der Waals surface area contributed by atoms with E-state index >= 15 is 0 Å². The Bertz CT molecular complexity index is 1050. The molecule has 4 rings (SSSR count). The molecule has 8 nitrogen and oxygen atoms in total. The third kappa shape index (κ3) is 4.68. The van der Waals surface area contributed by atoms with E-state index in [0.29, 0.717) is 19.1 Å². The van der Waals surface area contributed by atoms with Gasteiger partial charge in [-0.2, -0.15) is 0 Å². The van der Waals surface area contributed by atoms with E-state index in [-0.39, 0.29) is 11.9 Å². The van der Waals surface area contributed by atoms with Crippen molar-refractivity contribution in [3.8, 4) is 5.75 Å². The zero-order valence-electron chi connectivity index (χ0n) is 17.9. The third-order valence-electron chi connectivity index (χ3n) is 5.53. The van der Waals surface area contributed by atoms with Crippen LogP contribution in [0.25, 0.3) is 10.9 Å². The Labute approximate surface area is 181 Å². The van der Waals surface area contributed by atoms with Crippen molar-refractivity contribution < 1.29 is 14.3 Å². The van der Waals surface area contributed by atoms with Gasteiger partial charge >= 0.3 is 5.97 Å². The summed E-state index contributed by atoms with van der Waals surface area (Å²) < 4.78 is 10.6. The number of para-hydroxylation sites is 1. The number of methoxy groups -OCH3 is 1. The highest BCUT2D eigenvalue weighted by Crippen LogP contribution is 2.28. The van der Waals surface area contributed by atoms with Gasteiger partial charge < -0.3 is 19.7 Å². The van der Waals surface area contributed by atoms with Crippen molar-refractivity contribution in [1.82, 2.24) is 15.0 Å². The molecule has 0 radical (unpaired) electrons. The Balaban J connectivity index is 1.47. The molecule has 1 saturated heterocycles. The molecule has 0 amide bonds. The van der Waals surface area contributed by atoms with Crippen LogP contribution in [-0.2, 0) is 16.1 Å². The number of carbonyl (C=O) groups is 1. The first-order valence-electron chi connectivity index (χ1n) is 10.6. The number of rotatable bonds is 7. The van der Waals surface area contributed by atoms with Gasteiger partial charge in [0.1, 0.15) is 11.6 Å². The highest BCUT2D eigenvalue weighted by molar-refractivity contribution is 5.89. The monoisotopic (exact) mass is 421 g/mol. The Morgan fingerprint density at radius 1 is 1.19 bits per heavy atom. The molecule has 1 fully saturated rings. The number of aromatic nitrogens is 3. The van der Waals surface area contributed by atoms with Gasteiger partial charge in [-0.05, 0) is 31.9 Å². The Morgan fingerprint density at radius 3 is 2.77 bits per heavy atom. The first-order chi connectivity index (χ1) is 15.2. The van der Waals surface area contributed by atoms with E-state index in [9.17, 15) is 4.79 Å². The van der Waals surface area contributed by atoms with Crippen LogP contribution in [0.2, 0.25) is 0 Å². The number of benzene rings is 1. The number of hydrogen-bond donors (Lipinski definition) is 1. The predicted molar refractivity (Wildman–Crippen MR) is 119 cm³/mol. The minimum absolute atomic E-state index is 0.0341. The third-order valence-corrected chi connectivity index (χ3v) is 5.53. The summed E-state index contributed by atoms with van der Waals surface area (Å²) in [6.45, 7) is 4.34. The number of pyridine rings is 1. The lowest BCUT2D eigenvalue weighted by atomic mass is 9.97. The lowest BCUT2D eigenvalue weighted by Gasteiger charge is -2.32. The highest BCUT2D eigenvalue weighted by atomic mass is 16.5. The predicted octanol–water partition coefficient (Wildman–Crippen LogP) is 3.43. The van der Waals surface area contributed by atoms with Gasteiger partial charge in [0.05, 0.1) is 30.5 Å². The van der Waals surface area contributed by atoms with Gasteiger partial charge in [0.15, 0.2) is 0 Å². The van der Waals surface area contributed by atoms with Crippen molar-refractivity contribution in [2.45, 2.75) is 26.3 Å². The quantitative estimate of drug-likeness (QED) is 0.581. The lowest BCUT2D eigenvalue weighted by molar-refractivity contribution is -0.148. The van der Waals surface area contributed by atoms with Crippen molar-refractivity contribution in [3.05, 3.63) is 48.3 Å². The fourth-order valence-electron chi connectivity index (χ4n) is 3.89. The summed E-state index contributed by atoms with van der Waals surface area (Å²) in [5.41, 5.74) is 1.86. The number of piperidine rings is 1. The smallest absolute Gasteiger partial charge is 0.309 e. The van der Waals surface area contributed by atoms with Crippen LogP contribution >= 0.6 is 0 Å². The van der Waals surface area contributed by atoms with Gasteiger partial charge in [0, 0.05) is 37.6 Å². The van der Waals surface area contributed by atoms with E-state index in [2.05, 4.69) is 25.2 Å². The molecule has 8 heteroatoms. The minimum atomic E-state index is -0.0953. The second-order valence-electron chi connectivity index (χ2n) is 7.44. The van der Waals surface area contributed by atoms with E-state index in [4.69, 9.17) is 9.47 Å². The summed E-state index contributed by atoms with van der Waals surface area (Å²) in [6, 6.07) is 9.75. The van der Waals surface area contributed by atoms with Crippen LogP contribution in [0, 0.1) is 5.92 Å². The number of hydrogen-bond acceptors (Lipinski definition) is 8. The van der Waals surface area contributed by atoms with Crippen LogP contribution in [0.5, 0.6) is 5.75 Å². The van der Waals surface area contributed by atoms with E-state index in [0.717, 1.165) is 54.0 Å². The van der Waals surface area contributed by atoms with E-state index in [1.807, 2.05) is 43.5 Å². The second kappa shape index (κ2) is 9.59. The molecule has 0 atom stereocenters. The molecular weight excluding hydrogens is 394 g/mol. The molecule has 3 heterocycles. The van der Waals surface area contributed by atoms with Crippen molar-refractivity contribution in [1.29, 1.82) is 0 Å². The first-order valence-corrected chi connectivity index (χ1v) is 10.6. The topological polar surface area (TPSA) is 89.5 Å². The zero-order chi connectivity index (χ0) is 21.6. The molecule has 0 saturated carbocycles. The Morgan fingerprint density at radius 2 is 2.00 bits per heavy atom.